The summed E-state index contributed by atoms with van der Waals surface area (Å²) >= 11 is 0. The maximum atomic E-state index is 11.7. The Bertz CT molecular complexity index is 401. The lowest BCUT2D eigenvalue weighted by atomic mass is 9.92. The minimum Gasteiger partial charge on any atom is -0.309 e. The van der Waals surface area contributed by atoms with Gasteiger partial charge in [0.25, 0.3) is 0 Å². The Kier molecular flexibility index (Phi) is 4.10. The SMILES string of the molecule is C=CCC(C)C(=O)Nc1cc(C(C)(C)C)[nH]n1. The van der Waals surface area contributed by atoms with Crippen molar-refractivity contribution < 1.29 is 4.79 Å². The highest BCUT2D eigenvalue weighted by atomic mass is 16.1. The average Bonchev–Trinajstić information content (AvgIpc) is 2.66. The molecule has 0 saturated carbocycles. The van der Waals surface area contributed by atoms with Gasteiger partial charge in [0.2, 0.25) is 5.91 Å². The molecule has 0 bridgehead atoms. The highest BCUT2D eigenvalue weighted by molar-refractivity contribution is 5.91. The van der Waals surface area contributed by atoms with E-state index in [1.165, 1.54) is 0 Å². The summed E-state index contributed by atoms with van der Waals surface area (Å²) in [6.45, 7) is 11.8. The van der Waals surface area contributed by atoms with Crippen LogP contribution in [0.5, 0.6) is 0 Å². The topological polar surface area (TPSA) is 57.8 Å². The molecule has 1 aromatic heterocycles. The van der Waals surface area contributed by atoms with Gasteiger partial charge in [0.15, 0.2) is 5.82 Å². The Labute approximate surface area is 102 Å². The van der Waals surface area contributed by atoms with E-state index < -0.39 is 0 Å². The van der Waals surface area contributed by atoms with Crippen molar-refractivity contribution in [3.05, 3.63) is 24.4 Å². The van der Waals surface area contributed by atoms with E-state index in [2.05, 4.69) is 42.9 Å². The number of nitrogens with one attached hydrogen (secondary N) is 2. The van der Waals surface area contributed by atoms with Gasteiger partial charge < -0.3 is 5.32 Å². The first-order valence-electron chi connectivity index (χ1n) is 5.82. The van der Waals surface area contributed by atoms with Crippen LogP contribution in [0, 0.1) is 5.92 Å². The third-order valence-corrected chi connectivity index (χ3v) is 2.60. The van der Waals surface area contributed by atoms with Crippen molar-refractivity contribution in [2.24, 2.45) is 5.92 Å². The third-order valence-electron chi connectivity index (χ3n) is 2.60. The first-order valence-corrected chi connectivity index (χ1v) is 5.82. The number of aromatic amines is 1. The summed E-state index contributed by atoms with van der Waals surface area (Å²) in [5.41, 5.74) is 1.01. The van der Waals surface area contributed by atoms with Gasteiger partial charge in [-0.3, -0.25) is 9.89 Å². The molecule has 1 heterocycles. The van der Waals surface area contributed by atoms with Gasteiger partial charge in [-0.15, -0.1) is 6.58 Å². The molecule has 1 rings (SSSR count). The van der Waals surface area contributed by atoms with Gasteiger partial charge in [-0.05, 0) is 6.42 Å². The lowest BCUT2D eigenvalue weighted by molar-refractivity contribution is -0.119. The number of aromatic nitrogens is 2. The van der Waals surface area contributed by atoms with E-state index in [-0.39, 0.29) is 17.2 Å². The molecule has 1 aromatic rings. The summed E-state index contributed by atoms with van der Waals surface area (Å²) in [4.78, 5) is 11.7. The number of carbonyl (C=O) groups is 1. The van der Waals surface area contributed by atoms with Crippen LogP contribution in [0.15, 0.2) is 18.7 Å². The summed E-state index contributed by atoms with van der Waals surface area (Å²) in [6, 6.07) is 1.87. The molecule has 2 N–H and O–H groups in total. The summed E-state index contributed by atoms with van der Waals surface area (Å²) in [5.74, 6) is 0.468. The molecule has 0 aliphatic carbocycles. The van der Waals surface area contributed by atoms with Gasteiger partial charge in [0.05, 0.1) is 0 Å². The van der Waals surface area contributed by atoms with E-state index in [1.807, 2.05) is 13.0 Å². The molecule has 0 saturated heterocycles. The number of carbonyl (C=O) groups excluding carboxylic acids is 1. The van der Waals surface area contributed by atoms with Gasteiger partial charge in [0.1, 0.15) is 0 Å². The van der Waals surface area contributed by atoms with Crippen molar-refractivity contribution in [2.45, 2.75) is 39.5 Å². The molecule has 0 aliphatic heterocycles. The number of H-pyrrole nitrogens is 1. The Balaban J connectivity index is 2.67. The highest BCUT2D eigenvalue weighted by Gasteiger charge is 2.18. The lowest BCUT2D eigenvalue weighted by Gasteiger charge is -2.14. The van der Waals surface area contributed by atoms with Crippen LogP contribution in [0.25, 0.3) is 0 Å². The third kappa shape index (κ3) is 3.73. The van der Waals surface area contributed by atoms with Gasteiger partial charge in [-0.1, -0.05) is 33.8 Å². The normalized spacial score (nSPS) is 13.2. The summed E-state index contributed by atoms with van der Waals surface area (Å²) in [6.07, 6.45) is 2.41. The smallest absolute Gasteiger partial charge is 0.228 e. The molecular weight excluding hydrogens is 214 g/mol. The van der Waals surface area contributed by atoms with Crippen molar-refractivity contribution in [3.63, 3.8) is 0 Å². The Morgan fingerprint density at radius 1 is 1.65 bits per heavy atom. The molecule has 0 spiro atoms. The Morgan fingerprint density at radius 2 is 2.29 bits per heavy atom. The highest BCUT2D eigenvalue weighted by Crippen LogP contribution is 2.22. The van der Waals surface area contributed by atoms with Crippen LogP contribution in [0.1, 0.15) is 39.8 Å². The second-order valence-electron chi connectivity index (χ2n) is 5.33. The Morgan fingerprint density at radius 3 is 2.76 bits per heavy atom. The van der Waals surface area contributed by atoms with E-state index in [4.69, 9.17) is 0 Å². The Hall–Kier alpha value is -1.58. The van der Waals surface area contributed by atoms with Crippen LogP contribution >= 0.6 is 0 Å². The number of anilines is 1. The predicted octanol–water partition coefficient (Wildman–Crippen LogP) is 2.86. The van der Waals surface area contributed by atoms with E-state index in [9.17, 15) is 4.79 Å². The van der Waals surface area contributed by atoms with Crippen molar-refractivity contribution in [1.29, 1.82) is 0 Å². The fourth-order valence-electron chi connectivity index (χ4n) is 1.38. The summed E-state index contributed by atoms with van der Waals surface area (Å²) in [7, 11) is 0. The fourth-order valence-corrected chi connectivity index (χ4v) is 1.38. The molecule has 0 fully saturated rings. The molecular formula is C13H21N3O. The van der Waals surface area contributed by atoms with Crippen LogP contribution in [0.2, 0.25) is 0 Å². The van der Waals surface area contributed by atoms with Crippen LogP contribution in [0.4, 0.5) is 5.82 Å². The number of rotatable bonds is 4. The minimum absolute atomic E-state index is 0.00269. The van der Waals surface area contributed by atoms with E-state index in [0.717, 1.165) is 5.69 Å². The van der Waals surface area contributed by atoms with Crippen LogP contribution in [-0.4, -0.2) is 16.1 Å². The molecule has 1 atom stereocenters. The van der Waals surface area contributed by atoms with Gasteiger partial charge in [-0.25, -0.2) is 0 Å². The molecule has 0 radical (unpaired) electrons. The second kappa shape index (κ2) is 5.17. The second-order valence-corrected chi connectivity index (χ2v) is 5.33. The monoisotopic (exact) mass is 235 g/mol. The summed E-state index contributed by atoms with van der Waals surface area (Å²) < 4.78 is 0. The zero-order valence-corrected chi connectivity index (χ0v) is 11.0. The predicted molar refractivity (Wildman–Crippen MR) is 69.9 cm³/mol. The van der Waals surface area contributed by atoms with Crippen molar-refractivity contribution in [3.8, 4) is 0 Å². The zero-order chi connectivity index (χ0) is 13.1. The number of nitrogens with zero attached hydrogens (tertiary/aromatic N) is 1. The van der Waals surface area contributed by atoms with Crippen LogP contribution in [0.3, 0.4) is 0 Å². The number of hydrogen-bond donors (Lipinski definition) is 2. The number of hydrogen-bond acceptors (Lipinski definition) is 2. The standard InChI is InChI=1S/C13H21N3O/c1-6-7-9(2)12(17)14-11-8-10(15-16-11)13(3,4)5/h6,8-9H,1,7H2,2-5H3,(H2,14,15,16,17). The maximum absolute atomic E-state index is 11.7. The van der Waals surface area contributed by atoms with Gasteiger partial charge >= 0.3 is 0 Å². The molecule has 94 valence electrons. The van der Waals surface area contributed by atoms with Crippen LogP contribution < -0.4 is 5.32 Å². The molecule has 17 heavy (non-hydrogen) atoms. The maximum Gasteiger partial charge on any atom is 0.228 e. The number of allylic oxidation sites excluding steroid dienone is 1. The summed E-state index contributed by atoms with van der Waals surface area (Å²) in [5, 5.41) is 9.81. The molecule has 1 unspecified atom stereocenters. The number of amides is 1. The van der Waals surface area contributed by atoms with Gasteiger partial charge in [0, 0.05) is 23.1 Å². The van der Waals surface area contributed by atoms with E-state index in [1.54, 1.807) is 6.08 Å². The first kappa shape index (κ1) is 13.5. The fraction of sp³-hybridized carbons (Fsp3) is 0.538. The molecule has 0 aliphatic rings. The molecule has 4 heteroatoms. The van der Waals surface area contributed by atoms with Crippen molar-refractivity contribution >= 4 is 11.7 Å². The van der Waals surface area contributed by atoms with Gasteiger partial charge in [-0.2, -0.15) is 5.10 Å². The zero-order valence-electron chi connectivity index (χ0n) is 11.0. The first-order chi connectivity index (χ1) is 7.84. The van der Waals surface area contributed by atoms with E-state index in [0.29, 0.717) is 12.2 Å². The van der Waals surface area contributed by atoms with E-state index >= 15 is 0 Å². The lowest BCUT2D eigenvalue weighted by Crippen LogP contribution is -2.20. The quantitative estimate of drug-likeness (QED) is 0.788. The van der Waals surface area contributed by atoms with Crippen molar-refractivity contribution in [2.75, 3.05) is 5.32 Å². The van der Waals surface area contributed by atoms with Crippen LogP contribution in [-0.2, 0) is 10.2 Å². The van der Waals surface area contributed by atoms with Crippen molar-refractivity contribution in [1.82, 2.24) is 10.2 Å². The molecule has 0 aromatic carbocycles. The average molecular weight is 235 g/mol. The molecule has 1 amide bonds. The largest absolute Gasteiger partial charge is 0.309 e. The molecule has 4 nitrogen and oxygen atoms in total. The minimum atomic E-state index is -0.0812.